The van der Waals surface area contributed by atoms with Gasteiger partial charge in [0.1, 0.15) is 5.75 Å². The van der Waals surface area contributed by atoms with Gasteiger partial charge < -0.3 is 24.6 Å². The van der Waals surface area contributed by atoms with E-state index in [4.69, 9.17) is 4.74 Å². The molecule has 1 fully saturated rings. The number of aliphatic hydroxyl groups is 1. The van der Waals surface area contributed by atoms with E-state index in [1.165, 1.54) is 0 Å². The predicted octanol–water partition coefficient (Wildman–Crippen LogP) is 3.89. The number of rotatable bonds is 11. The zero-order valence-corrected chi connectivity index (χ0v) is 22.6. The monoisotopic (exact) mass is 524 g/mol. The van der Waals surface area contributed by atoms with Gasteiger partial charge in [-0.3, -0.25) is 9.69 Å². The van der Waals surface area contributed by atoms with E-state index in [-0.39, 0.29) is 30.9 Å². The molecular formula is C28H37FN6O3. The van der Waals surface area contributed by atoms with E-state index in [2.05, 4.69) is 20.2 Å². The molecule has 4 rings (SSSR count). The van der Waals surface area contributed by atoms with Crippen LogP contribution in [0, 0.1) is 26.6 Å². The number of carbonyl (C=O) groups excluding carboxylic acids is 1. The zero-order chi connectivity index (χ0) is 27.2. The lowest BCUT2D eigenvalue weighted by Crippen LogP contribution is -2.32. The van der Waals surface area contributed by atoms with E-state index >= 15 is 0 Å². The van der Waals surface area contributed by atoms with Gasteiger partial charge in [0.2, 0.25) is 5.95 Å². The van der Waals surface area contributed by atoms with Gasteiger partial charge in [0.05, 0.1) is 12.8 Å². The molecule has 9 nitrogen and oxygen atoms in total. The fraction of sp³-hybridized carbons (Fsp3) is 0.464. The number of anilines is 2. The Kier molecular flexibility index (Phi) is 8.96. The fourth-order valence-electron chi connectivity index (χ4n) is 4.79. The van der Waals surface area contributed by atoms with Crippen molar-refractivity contribution < 1.29 is 19.0 Å². The average Bonchev–Trinajstić information content (AvgIpc) is 3.55. The first-order valence-corrected chi connectivity index (χ1v) is 13.1. The summed E-state index contributed by atoms with van der Waals surface area (Å²) in [5, 5.41) is 12.5. The van der Waals surface area contributed by atoms with Gasteiger partial charge in [-0.15, -0.1) is 0 Å². The van der Waals surface area contributed by atoms with Crippen molar-refractivity contribution in [3.05, 3.63) is 58.8 Å². The first kappa shape index (κ1) is 27.5. The van der Waals surface area contributed by atoms with E-state index in [1.54, 1.807) is 4.57 Å². The van der Waals surface area contributed by atoms with Crippen molar-refractivity contribution in [2.75, 3.05) is 44.7 Å². The van der Waals surface area contributed by atoms with E-state index in [0.29, 0.717) is 18.8 Å². The van der Waals surface area contributed by atoms with Crippen LogP contribution in [0.1, 0.15) is 42.0 Å². The van der Waals surface area contributed by atoms with E-state index in [0.717, 1.165) is 66.6 Å². The Hall–Kier alpha value is -3.50. The number of hydrogen-bond acceptors (Lipinski definition) is 7. The van der Waals surface area contributed by atoms with Crippen LogP contribution in [0.3, 0.4) is 0 Å². The first-order chi connectivity index (χ1) is 18.3. The van der Waals surface area contributed by atoms with E-state index in [9.17, 15) is 14.3 Å². The third-order valence-electron chi connectivity index (χ3n) is 6.88. The summed E-state index contributed by atoms with van der Waals surface area (Å²) in [5.41, 5.74) is 4.54. The number of likely N-dealkylation sites (N-methyl/N-ethyl adjacent to an activating group) is 1. The maximum Gasteiger partial charge on any atom is 0.260 e. The number of hydrogen-bond donors (Lipinski definition) is 2. The van der Waals surface area contributed by atoms with Crippen LogP contribution in [-0.2, 0) is 11.3 Å². The molecule has 204 valence electrons. The molecule has 1 aliphatic rings. The molecule has 1 saturated heterocycles. The maximum absolute atomic E-state index is 14.8. The Bertz CT molecular complexity index is 1250. The number of carbonyl (C=O) groups is 1. The molecule has 2 N–H and O–H groups in total. The molecule has 0 radical (unpaired) electrons. The fourth-order valence-corrected chi connectivity index (χ4v) is 4.79. The predicted molar refractivity (Wildman–Crippen MR) is 145 cm³/mol. The normalized spacial score (nSPS) is 13.4. The van der Waals surface area contributed by atoms with Crippen LogP contribution in [-0.4, -0.2) is 74.7 Å². The van der Waals surface area contributed by atoms with Gasteiger partial charge in [0.15, 0.2) is 18.2 Å². The van der Waals surface area contributed by atoms with Gasteiger partial charge in [0.25, 0.3) is 5.91 Å². The summed E-state index contributed by atoms with van der Waals surface area (Å²) >= 11 is 0. The minimum absolute atomic E-state index is 0.00921. The van der Waals surface area contributed by atoms with Crippen LogP contribution in [0.2, 0.25) is 0 Å². The lowest BCUT2D eigenvalue weighted by atomic mass is 10.1. The van der Waals surface area contributed by atoms with Crippen molar-refractivity contribution in [2.45, 2.75) is 47.1 Å². The highest BCUT2D eigenvalue weighted by Crippen LogP contribution is 2.29. The first-order valence-electron chi connectivity index (χ1n) is 13.1. The van der Waals surface area contributed by atoms with Crippen LogP contribution in [0.15, 0.2) is 30.7 Å². The molecule has 1 aliphatic heterocycles. The summed E-state index contributed by atoms with van der Waals surface area (Å²) in [7, 11) is 0. The number of amides is 1. The second kappa shape index (κ2) is 12.4. The summed E-state index contributed by atoms with van der Waals surface area (Å²) in [6, 6.07) is 3.79. The van der Waals surface area contributed by atoms with Crippen molar-refractivity contribution in [3.8, 4) is 11.6 Å². The van der Waals surface area contributed by atoms with Gasteiger partial charge in [-0.2, -0.15) is 4.98 Å². The van der Waals surface area contributed by atoms with Crippen molar-refractivity contribution in [2.24, 2.45) is 0 Å². The number of benzene rings is 1. The molecule has 1 aromatic carbocycles. The van der Waals surface area contributed by atoms with Crippen LogP contribution in [0.4, 0.5) is 16.0 Å². The Balaban J connectivity index is 1.48. The van der Waals surface area contributed by atoms with Gasteiger partial charge in [0, 0.05) is 44.3 Å². The van der Waals surface area contributed by atoms with Gasteiger partial charge in [-0.05, 0) is 74.5 Å². The van der Waals surface area contributed by atoms with Crippen LogP contribution < -0.4 is 10.1 Å². The molecule has 0 spiro atoms. The SMILES string of the molecule is CCN(CCO)Cc1cn(-c2nc(Nc3cc(C)c(OCC(=O)N4CCCC4)c(C)c3)ncc2F)cc1C. The third kappa shape index (κ3) is 6.49. The molecular weight excluding hydrogens is 487 g/mol. The molecule has 0 saturated carbocycles. The second-order valence-electron chi connectivity index (χ2n) is 9.77. The lowest BCUT2D eigenvalue weighted by molar-refractivity contribution is -0.132. The Morgan fingerprint density at radius 2 is 1.87 bits per heavy atom. The molecule has 0 unspecified atom stereocenters. The summed E-state index contributed by atoms with van der Waals surface area (Å²) < 4.78 is 22.3. The van der Waals surface area contributed by atoms with Crippen molar-refractivity contribution in [1.82, 2.24) is 24.3 Å². The third-order valence-corrected chi connectivity index (χ3v) is 6.88. The zero-order valence-electron chi connectivity index (χ0n) is 22.6. The molecule has 38 heavy (non-hydrogen) atoms. The summed E-state index contributed by atoms with van der Waals surface area (Å²) in [6.45, 7) is 11.6. The quantitative estimate of drug-likeness (QED) is 0.393. The number of aromatic nitrogens is 3. The lowest BCUT2D eigenvalue weighted by Gasteiger charge is -2.18. The second-order valence-corrected chi connectivity index (χ2v) is 9.77. The van der Waals surface area contributed by atoms with Crippen molar-refractivity contribution in [3.63, 3.8) is 0 Å². The highest BCUT2D eigenvalue weighted by molar-refractivity contribution is 5.78. The van der Waals surface area contributed by atoms with Crippen molar-refractivity contribution >= 4 is 17.5 Å². The van der Waals surface area contributed by atoms with Crippen LogP contribution in [0.5, 0.6) is 5.75 Å². The Morgan fingerprint density at radius 3 is 2.53 bits per heavy atom. The molecule has 2 aromatic heterocycles. The number of halogens is 1. The number of nitrogens with zero attached hydrogens (tertiary/aromatic N) is 5. The molecule has 0 bridgehead atoms. The van der Waals surface area contributed by atoms with Crippen molar-refractivity contribution in [1.29, 1.82) is 0 Å². The topological polar surface area (TPSA) is 95.8 Å². The highest BCUT2D eigenvalue weighted by atomic mass is 19.1. The summed E-state index contributed by atoms with van der Waals surface area (Å²) in [4.78, 5) is 24.9. The van der Waals surface area contributed by atoms with Crippen LogP contribution in [0.25, 0.3) is 5.82 Å². The van der Waals surface area contributed by atoms with Gasteiger partial charge in [-0.25, -0.2) is 9.37 Å². The van der Waals surface area contributed by atoms with Gasteiger partial charge >= 0.3 is 0 Å². The molecule has 10 heteroatoms. The minimum Gasteiger partial charge on any atom is -0.483 e. The number of likely N-dealkylation sites (tertiary alicyclic amines) is 1. The minimum atomic E-state index is -0.529. The largest absolute Gasteiger partial charge is 0.483 e. The number of ether oxygens (including phenoxy) is 1. The number of aryl methyl sites for hydroxylation is 3. The Labute approximate surface area is 223 Å². The molecule has 0 aliphatic carbocycles. The smallest absolute Gasteiger partial charge is 0.260 e. The molecule has 0 atom stereocenters. The molecule has 3 aromatic rings. The summed E-state index contributed by atoms with van der Waals surface area (Å²) in [5.74, 6) is 0.576. The molecule has 3 heterocycles. The maximum atomic E-state index is 14.8. The van der Waals surface area contributed by atoms with Gasteiger partial charge in [-0.1, -0.05) is 6.92 Å². The standard InChI is InChI=1S/C28H37FN6O3/c1-5-33(10-11-36)16-22-17-35(15-21(22)4)27-24(29)14-30-28(32-27)31-23-12-19(2)26(20(3)13-23)38-18-25(37)34-8-6-7-9-34/h12-15,17,36H,5-11,16,18H2,1-4H3,(H,30,31,32). The van der Waals surface area contributed by atoms with E-state index in [1.807, 2.05) is 57.1 Å². The molecule has 1 amide bonds. The number of aliphatic hydroxyl groups excluding tert-OH is 1. The Morgan fingerprint density at radius 1 is 1.16 bits per heavy atom. The van der Waals surface area contributed by atoms with Crippen LogP contribution >= 0.6 is 0 Å². The average molecular weight is 525 g/mol. The highest BCUT2D eigenvalue weighted by Gasteiger charge is 2.19. The summed E-state index contributed by atoms with van der Waals surface area (Å²) in [6.07, 6.45) is 6.97. The van der Waals surface area contributed by atoms with E-state index < -0.39 is 5.82 Å². The number of nitrogens with one attached hydrogen (secondary N) is 1.